The molecule has 0 unspecified atom stereocenters. The van der Waals surface area contributed by atoms with Crippen molar-refractivity contribution in [2.75, 3.05) is 45.3 Å². The molecule has 0 aliphatic rings. The topological polar surface area (TPSA) is 42.0 Å². The maximum Gasteiger partial charge on any atom is 0.416 e. The number of likely N-dealkylation sites (N-methyl/N-ethyl adjacent to an activating group) is 1. The lowest BCUT2D eigenvalue weighted by Gasteiger charge is -2.20. The molecule has 0 saturated carbocycles. The first-order valence-electron chi connectivity index (χ1n) is 10.3. The molecule has 0 N–H and O–H groups in total. The largest absolute Gasteiger partial charge is 0.493 e. The predicted molar refractivity (Wildman–Crippen MR) is 123 cm³/mol. The van der Waals surface area contributed by atoms with Gasteiger partial charge in [0.05, 0.1) is 17.7 Å². The van der Waals surface area contributed by atoms with Gasteiger partial charge in [0.15, 0.2) is 11.5 Å². The molecular weight excluding hydrogens is 457 g/mol. The van der Waals surface area contributed by atoms with Gasteiger partial charge >= 0.3 is 12.1 Å². The molecule has 9 heteroatoms. The van der Waals surface area contributed by atoms with Crippen LogP contribution >= 0.6 is 11.6 Å². The highest BCUT2D eigenvalue weighted by molar-refractivity contribution is 6.31. The summed E-state index contributed by atoms with van der Waals surface area (Å²) in [6.45, 7) is 7.30. The molecule has 0 bridgehead atoms. The summed E-state index contributed by atoms with van der Waals surface area (Å²) in [5, 5.41) is -0.180. The van der Waals surface area contributed by atoms with E-state index >= 15 is 0 Å². The van der Waals surface area contributed by atoms with Gasteiger partial charge in [-0.05, 0) is 43.4 Å². The van der Waals surface area contributed by atoms with Crippen molar-refractivity contribution >= 4 is 23.2 Å². The van der Waals surface area contributed by atoms with Crippen molar-refractivity contribution < 1.29 is 27.4 Å². The molecule has 0 heterocycles. The molecule has 178 valence electrons. The maximum atomic E-state index is 12.8. The Kier molecular flexibility index (Phi) is 9.44. The van der Waals surface area contributed by atoms with Crippen molar-refractivity contribution in [3.05, 3.63) is 52.5 Å². The highest BCUT2D eigenvalue weighted by atomic mass is 35.5. The first kappa shape index (κ1) is 26.4. The van der Waals surface area contributed by atoms with Crippen molar-refractivity contribution in [2.24, 2.45) is 0 Å². The Hall–Kier alpha value is -2.89. The summed E-state index contributed by atoms with van der Waals surface area (Å²) in [6, 6.07) is 7.84. The second-order valence-electron chi connectivity index (χ2n) is 7.02. The molecule has 5 nitrogen and oxygen atoms in total. The van der Waals surface area contributed by atoms with E-state index < -0.39 is 17.6 Å². The van der Waals surface area contributed by atoms with Crippen LogP contribution in [0, 0.1) is 11.8 Å². The first-order valence-corrected chi connectivity index (χ1v) is 10.7. The van der Waals surface area contributed by atoms with Gasteiger partial charge < -0.3 is 19.3 Å². The smallest absolute Gasteiger partial charge is 0.416 e. The van der Waals surface area contributed by atoms with E-state index in [9.17, 15) is 18.0 Å². The van der Waals surface area contributed by atoms with Crippen molar-refractivity contribution in [3.8, 4) is 23.3 Å². The minimum atomic E-state index is -4.51. The third kappa shape index (κ3) is 7.31. The summed E-state index contributed by atoms with van der Waals surface area (Å²) >= 11 is 5.89. The average Bonchev–Trinajstić information content (AvgIpc) is 2.79. The number of amides is 1. The lowest BCUT2D eigenvalue weighted by atomic mass is 10.1. The highest BCUT2D eigenvalue weighted by Gasteiger charge is 2.30. The van der Waals surface area contributed by atoms with Crippen molar-refractivity contribution in [3.63, 3.8) is 0 Å². The Morgan fingerprint density at radius 3 is 2.36 bits per heavy atom. The predicted octanol–water partition coefficient (Wildman–Crippen LogP) is 5.10. The Morgan fingerprint density at radius 1 is 1.09 bits per heavy atom. The third-order valence-corrected chi connectivity index (χ3v) is 5.31. The molecule has 0 aliphatic heterocycles. The number of carbonyl (C=O) groups excluding carboxylic acids is 1. The van der Waals surface area contributed by atoms with Crippen molar-refractivity contribution in [1.29, 1.82) is 0 Å². The number of rotatable bonds is 8. The number of hydrogen-bond donors (Lipinski definition) is 0. The molecule has 0 radical (unpaired) electrons. The van der Waals surface area contributed by atoms with E-state index in [2.05, 4.69) is 30.6 Å². The zero-order valence-electron chi connectivity index (χ0n) is 18.9. The van der Waals surface area contributed by atoms with Gasteiger partial charge in [-0.1, -0.05) is 31.4 Å². The zero-order chi connectivity index (χ0) is 24.6. The fourth-order valence-electron chi connectivity index (χ4n) is 2.92. The van der Waals surface area contributed by atoms with Gasteiger partial charge in [-0.3, -0.25) is 4.79 Å². The fourth-order valence-corrected chi connectivity index (χ4v) is 3.15. The number of nitrogens with zero attached hydrogens (tertiary/aromatic N) is 2. The molecule has 0 spiro atoms. The third-order valence-electron chi connectivity index (χ3n) is 5.00. The Morgan fingerprint density at radius 2 is 1.79 bits per heavy atom. The summed E-state index contributed by atoms with van der Waals surface area (Å²) in [4.78, 5) is 16.0. The number of benzene rings is 2. The Bertz CT molecular complexity index is 1030. The van der Waals surface area contributed by atoms with E-state index in [0.29, 0.717) is 23.8 Å². The minimum absolute atomic E-state index is 0.126. The lowest BCUT2D eigenvalue weighted by Crippen LogP contribution is -2.28. The Labute approximate surface area is 197 Å². The van der Waals surface area contributed by atoms with Gasteiger partial charge in [-0.15, -0.1) is 0 Å². The summed E-state index contributed by atoms with van der Waals surface area (Å²) < 4.78 is 49.5. The number of hydrogen-bond acceptors (Lipinski definition) is 4. The molecule has 0 atom stereocenters. The van der Waals surface area contributed by atoms with E-state index in [0.717, 1.165) is 37.8 Å². The number of alkyl halides is 3. The molecular formula is C24H26ClF3N2O3. The van der Waals surface area contributed by atoms with Crippen LogP contribution in [0.15, 0.2) is 36.4 Å². The Balaban J connectivity index is 2.12. The summed E-state index contributed by atoms with van der Waals surface area (Å²) in [5.74, 6) is 5.38. The summed E-state index contributed by atoms with van der Waals surface area (Å²) in [5.41, 5.74) is -0.241. The molecule has 0 saturated heterocycles. The quantitative estimate of drug-likeness (QED) is 0.491. The fraction of sp³-hybridized carbons (Fsp3) is 0.375. The van der Waals surface area contributed by atoms with E-state index in [1.807, 2.05) is 0 Å². The maximum absolute atomic E-state index is 12.8. The first-order chi connectivity index (χ1) is 15.6. The van der Waals surface area contributed by atoms with Gasteiger partial charge in [0.25, 0.3) is 0 Å². The molecule has 2 aromatic rings. The van der Waals surface area contributed by atoms with Crippen LogP contribution in [0.5, 0.6) is 11.5 Å². The number of methoxy groups -OCH3 is 1. The van der Waals surface area contributed by atoms with E-state index in [1.165, 1.54) is 19.1 Å². The van der Waals surface area contributed by atoms with Gasteiger partial charge in [0, 0.05) is 36.8 Å². The molecule has 1 amide bonds. The van der Waals surface area contributed by atoms with Crippen LogP contribution in [0.4, 0.5) is 18.9 Å². The van der Waals surface area contributed by atoms with Crippen LogP contribution < -0.4 is 14.4 Å². The van der Waals surface area contributed by atoms with Crippen LogP contribution in [-0.2, 0) is 11.0 Å². The molecule has 0 aliphatic carbocycles. The number of halogens is 4. The molecule has 0 fully saturated rings. The van der Waals surface area contributed by atoms with Crippen molar-refractivity contribution in [2.45, 2.75) is 20.0 Å². The van der Waals surface area contributed by atoms with Crippen LogP contribution in [0.1, 0.15) is 25.0 Å². The van der Waals surface area contributed by atoms with Crippen LogP contribution in [0.25, 0.3) is 0 Å². The second-order valence-corrected chi connectivity index (χ2v) is 7.42. The highest BCUT2D eigenvalue weighted by Crippen LogP contribution is 2.33. The second kappa shape index (κ2) is 11.8. The molecule has 2 aromatic carbocycles. The number of ether oxygens (including phenoxy) is 2. The van der Waals surface area contributed by atoms with E-state index in [-0.39, 0.29) is 10.6 Å². The molecule has 33 heavy (non-hydrogen) atoms. The summed E-state index contributed by atoms with van der Waals surface area (Å²) in [7, 11) is 3.03. The lowest BCUT2D eigenvalue weighted by molar-refractivity contribution is -0.137. The average molecular weight is 483 g/mol. The SMILES string of the molecule is CCN(CC)CCOc1ccc(N(C)C(=O)C#Cc2ccc(C(F)(F)F)cc2Cl)cc1OC. The monoisotopic (exact) mass is 482 g/mol. The molecule has 0 aromatic heterocycles. The van der Waals surface area contributed by atoms with Crippen LogP contribution in [0.2, 0.25) is 5.02 Å². The summed E-state index contributed by atoms with van der Waals surface area (Å²) in [6.07, 6.45) is -4.51. The van der Waals surface area contributed by atoms with Gasteiger partial charge in [0.1, 0.15) is 6.61 Å². The van der Waals surface area contributed by atoms with Gasteiger partial charge in [0.2, 0.25) is 0 Å². The standard InChI is InChI=1S/C24H26ClF3N2O3/c1-5-30(6-2)13-14-33-21-11-10-19(16-22(21)32-4)29(3)23(31)12-8-17-7-9-18(15-20(17)25)24(26,27)28/h7,9-11,15-16H,5-6,13-14H2,1-4H3. The molecule has 2 rings (SSSR count). The number of anilines is 1. The van der Waals surface area contributed by atoms with E-state index in [4.69, 9.17) is 21.1 Å². The van der Waals surface area contributed by atoms with E-state index in [1.54, 1.807) is 18.2 Å². The normalized spacial score (nSPS) is 11.1. The number of carbonyl (C=O) groups is 1. The van der Waals surface area contributed by atoms with Crippen LogP contribution in [-0.4, -0.2) is 51.2 Å². The minimum Gasteiger partial charge on any atom is -0.493 e. The van der Waals surface area contributed by atoms with Crippen LogP contribution in [0.3, 0.4) is 0 Å². The zero-order valence-corrected chi connectivity index (χ0v) is 19.7. The van der Waals surface area contributed by atoms with Gasteiger partial charge in [-0.2, -0.15) is 13.2 Å². The van der Waals surface area contributed by atoms with Gasteiger partial charge in [-0.25, -0.2) is 0 Å². The van der Waals surface area contributed by atoms with Crippen molar-refractivity contribution in [1.82, 2.24) is 4.90 Å².